The molecule has 2 aromatic carbocycles. The Hall–Kier alpha value is -3.32. The number of H-pyrrole nitrogens is 1. The molecule has 1 aromatic heterocycles. The second-order valence-electron chi connectivity index (χ2n) is 6.69. The first-order valence-electron chi connectivity index (χ1n) is 9.69. The van der Waals surface area contributed by atoms with E-state index in [1.807, 2.05) is 54.6 Å². The highest BCUT2D eigenvalue weighted by Gasteiger charge is 2.24. The molecule has 2 heterocycles. The van der Waals surface area contributed by atoms with E-state index < -0.39 is 5.97 Å². The number of aromatic amines is 1. The summed E-state index contributed by atoms with van der Waals surface area (Å²) in [4.78, 5) is 30.7. The van der Waals surface area contributed by atoms with Crippen molar-refractivity contribution in [2.45, 2.75) is 6.92 Å². The Morgan fingerprint density at radius 2 is 1.79 bits per heavy atom. The molecule has 150 valence electrons. The summed E-state index contributed by atoms with van der Waals surface area (Å²) in [6.07, 6.45) is 0. The summed E-state index contributed by atoms with van der Waals surface area (Å²) in [6, 6.07) is 16.9. The van der Waals surface area contributed by atoms with Gasteiger partial charge in [0.05, 0.1) is 31.2 Å². The van der Waals surface area contributed by atoms with E-state index in [0.29, 0.717) is 24.6 Å². The number of rotatable bonds is 5. The molecule has 1 fully saturated rings. The number of morpholine rings is 1. The zero-order chi connectivity index (χ0) is 20.2. The molecular formula is C22H23N3O4. The first-order valence-corrected chi connectivity index (χ1v) is 9.69. The van der Waals surface area contributed by atoms with Gasteiger partial charge in [0.25, 0.3) is 0 Å². The normalized spacial score (nSPS) is 14.0. The van der Waals surface area contributed by atoms with Crippen molar-refractivity contribution >= 4 is 11.7 Å². The van der Waals surface area contributed by atoms with E-state index in [1.165, 1.54) is 4.57 Å². The van der Waals surface area contributed by atoms with Gasteiger partial charge in [-0.25, -0.2) is 9.59 Å². The lowest BCUT2D eigenvalue weighted by Crippen LogP contribution is -2.36. The van der Waals surface area contributed by atoms with Gasteiger partial charge in [-0.05, 0) is 25.1 Å². The molecular weight excluding hydrogens is 370 g/mol. The van der Waals surface area contributed by atoms with Crippen molar-refractivity contribution in [1.82, 2.24) is 9.55 Å². The van der Waals surface area contributed by atoms with E-state index >= 15 is 0 Å². The first kappa shape index (κ1) is 19.0. The Morgan fingerprint density at radius 3 is 2.52 bits per heavy atom. The van der Waals surface area contributed by atoms with E-state index in [9.17, 15) is 9.59 Å². The molecule has 0 spiro atoms. The largest absolute Gasteiger partial charge is 0.461 e. The highest BCUT2D eigenvalue weighted by atomic mass is 16.5. The van der Waals surface area contributed by atoms with E-state index in [4.69, 9.17) is 9.47 Å². The minimum Gasteiger partial charge on any atom is -0.461 e. The molecule has 1 aliphatic heterocycles. The maximum Gasteiger partial charge on any atom is 0.357 e. The Labute approximate surface area is 168 Å². The Kier molecular flexibility index (Phi) is 5.48. The lowest BCUT2D eigenvalue weighted by Gasteiger charge is -2.29. The fourth-order valence-electron chi connectivity index (χ4n) is 3.54. The Morgan fingerprint density at radius 1 is 1.07 bits per heavy atom. The summed E-state index contributed by atoms with van der Waals surface area (Å²) < 4.78 is 12.1. The summed E-state index contributed by atoms with van der Waals surface area (Å²) >= 11 is 0. The van der Waals surface area contributed by atoms with Crippen molar-refractivity contribution in [3.8, 4) is 16.9 Å². The van der Waals surface area contributed by atoms with Crippen molar-refractivity contribution < 1.29 is 14.3 Å². The zero-order valence-corrected chi connectivity index (χ0v) is 16.3. The third kappa shape index (κ3) is 3.82. The second kappa shape index (κ2) is 8.36. The molecule has 0 saturated carbocycles. The van der Waals surface area contributed by atoms with Gasteiger partial charge in [0.15, 0.2) is 5.69 Å². The van der Waals surface area contributed by atoms with Crippen LogP contribution in [0, 0.1) is 0 Å². The van der Waals surface area contributed by atoms with Crippen LogP contribution in [-0.2, 0) is 9.47 Å². The maximum atomic E-state index is 12.9. The molecule has 0 unspecified atom stereocenters. The summed E-state index contributed by atoms with van der Waals surface area (Å²) in [6.45, 7) is 4.87. The van der Waals surface area contributed by atoms with Gasteiger partial charge in [-0.2, -0.15) is 0 Å². The van der Waals surface area contributed by atoms with Crippen molar-refractivity contribution in [2.24, 2.45) is 0 Å². The summed E-state index contributed by atoms with van der Waals surface area (Å²) in [5.41, 5.74) is 2.60. The molecule has 0 atom stereocenters. The number of hydrogen-bond acceptors (Lipinski definition) is 5. The summed E-state index contributed by atoms with van der Waals surface area (Å²) in [5.74, 6) is -0.540. The van der Waals surface area contributed by atoms with E-state index in [0.717, 1.165) is 24.3 Å². The minimum absolute atomic E-state index is 0.196. The molecule has 1 aliphatic rings. The van der Waals surface area contributed by atoms with Gasteiger partial charge in [-0.15, -0.1) is 0 Å². The highest BCUT2D eigenvalue weighted by Crippen LogP contribution is 2.26. The molecule has 1 N–H and O–H groups in total. The monoisotopic (exact) mass is 393 g/mol. The van der Waals surface area contributed by atoms with E-state index in [1.54, 1.807) is 6.92 Å². The summed E-state index contributed by atoms with van der Waals surface area (Å²) in [7, 11) is 0. The highest BCUT2D eigenvalue weighted by molar-refractivity contribution is 5.95. The van der Waals surface area contributed by atoms with Crippen molar-refractivity contribution in [1.29, 1.82) is 0 Å². The third-order valence-corrected chi connectivity index (χ3v) is 4.89. The molecule has 7 heteroatoms. The van der Waals surface area contributed by atoms with Crippen LogP contribution in [-0.4, -0.2) is 48.4 Å². The van der Waals surface area contributed by atoms with Gasteiger partial charge in [0.1, 0.15) is 0 Å². The van der Waals surface area contributed by atoms with Crippen LogP contribution in [0.5, 0.6) is 0 Å². The van der Waals surface area contributed by atoms with Gasteiger partial charge in [0, 0.05) is 24.3 Å². The van der Waals surface area contributed by atoms with Crippen LogP contribution in [0.2, 0.25) is 0 Å². The van der Waals surface area contributed by atoms with Crippen LogP contribution in [0.15, 0.2) is 59.4 Å². The topological polar surface area (TPSA) is 76.6 Å². The van der Waals surface area contributed by atoms with Crippen LogP contribution in [0.1, 0.15) is 17.4 Å². The molecule has 7 nitrogen and oxygen atoms in total. The average Bonchev–Trinajstić information content (AvgIpc) is 3.12. The number of ether oxygens (including phenoxy) is 2. The molecule has 4 rings (SSSR count). The number of esters is 1. The predicted octanol–water partition coefficient (Wildman–Crippen LogP) is 2.85. The average molecular weight is 393 g/mol. The standard InChI is InChI=1S/C22H23N3O4/c1-2-29-21(26)20-19(16-7-4-3-5-8-16)23-22(27)25(20)18-10-6-9-17(15-18)24-11-13-28-14-12-24/h3-10,15H,2,11-14H2,1H3,(H,23,27). The fraction of sp³-hybridized carbons (Fsp3) is 0.273. The van der Waals surface area contributed by atoms with Gasteiger partial charge in [-0.3, -0.25) is 4.57 Å². The SMILES string of the molecule is CCOC(=O)c1c(-c2ccccc2)[nH]c(=O)n1-c1cccc(N2CCOCC2)c1. The van der Waals surface area contributed by atoms with Crippen LogP contribution in [0.3, 0.4) is 0 Å². The number of carbonyl (C=O) groups is 1. The van der Waals surface area contributed by atoms with Crippen LogP contribution >= 0.6 is 0 Å². The predicted molar refractivity (Wildman–Crippen MR) is 111 cm³/mol. The third-order valence-electron chi connectivity index (χ3n) is 4.89. The van der Waals surface area contributed by atoms with Crippen LogP contribution in [0.25, 0.3) is 16.9 Å². The van der Waals surface area contributed by atoms with Crippen molar-refractivity contribution in [3.63, 3.8) is 0 Å². The lowest BCUT2D eigenvalue weighted by molar-refractivity contribution is 0.0517. The summed E-state index contributed by atoms with van der Waals surface area (Å²) in [5, 5.41) is 0. The number of nitrogens with zero attached hydrogens (tertiary/aromatic N) is 2. The number of hydrogen-bond donors (Lipinski definition) is 1. The van der Waals surface area contributed by atoms with E-state index in [2.05, 4.69) is 9.88 Å². The van der Waals surface area contributed by atoms with E-state index in [-0.39, 0.29) is 18.0 Å². The second-order valence-corrected chi connectivity index (χ2v) is 6.69. The van der Waals surface area contributed by atoms with Crippen molar-refractivity contribution in [3.05, 3.63) is 70.8 Å². The van der Waals surface area contributed by atoms with Gasteiger partial charge in [0.2, 0.25) is 0 Å². The first-order chi connectivity index (χ1) is 14.2. The molecule has 29 heavy (non-hydrogen) atoms. The maximum absolute atomic E-state index is 12.9. The number of aromatic nitrogens is 2. The quantitative estimate of drug-likeness (QED) is 0.675. The van der Waals surface area contributed by atoms with Crippen LogP contribution < -0.4 is 10.6 Å². The Bertz CT molecular complexity index is 1050. The van der Waals surface area contributed by atoms with Crippen molar-refractivity contribution in [2.75, 3.05) is 37.8 Å². The molecule has 1 saturated heterocycles. The van der Waals surface area contributed by atoms with Gasteiger partial charge in [-0.1, -0.05) is 36.4 Å². The van der Waals surface area contributed by atoms with Crippen LogP contribution in [0.4, 0.5) is 5.69 Å². The lowest BCUT2D eigenvalue weighted by atomic mass is 10.1. The molecule has 0 radical (unpaired) electrons. The number of imidazole rings is 1. The van der Waals surface area contributed by atoms with Gasteiger partial charge >= 0.3 is 11.7 Å². The Balaban J connectivity index is 1.84. The number of benzene rings is 2. The number of anilines is 1. The number of nitrogens with one attached hydrogen (secondary N) is 1. The zero-order valence-electron chi connectivity index (χ0n) is 16.3. The minimum atomic E-state index is -0.540. The molecule has 3 aromatic rings. The molecule has 0 bridgehead atoms. The fourth-order valence-corrected chi connectivity index (χ4v) is 3.54. The van der Waals surface area contributed by atoms with Gasteiger partial charge < -0.3 is 19.4 Å². The molecule has 0 amide bonds. The number of carbonyl (C=O) groups excluding carboxylic acids is 1. The smallest absolute Gasteiger partial charge is 0.357 e. The molecule has 0 aliphatic carbocycles.